The second-order valence-electron chi connectivity index (χ2n) is 3.89. The molecule has 0 saturated heterocycles. The second-order valence-corrected chi connectivity index (χ2v) is 3.89. The monoisotopic (exact) mass is 248 g/mol. The zero-order valence-corrected chi connectivity index (χ0v) is 10.9. The Kier molecular flexibility index (Phi) is 10.1. The molecule has 0 heterocycles. The molecule has 0 bridgehead atoms. The van der Waals surface area contributed by atoms with Crippen molar-refractivity contribution in [3.05, 3.63) is 11.8 Å². The molecule has 0 aliphatic heterocycles. The molecule has 5 nitrogen and oxygen atoms in total. The highest BCUT2D eigenvalue weighted by Gasteiger charge is 2.04. The third-order valence-electron chi connectivity index (χ3n) is 2.15. The first-order valence-electron chi connectivity index (χ1n) is 5.79. The molecule has 0 aromatic rings. The van der Waals surface area contributed by atoms with E-state index in [0.29, 0.717) is 18.8 Å². The van der Waals surface area contributed by atoms with Crippen LogP contribution in [0.25, 0.3) is 0 Å². The number of hydrogen-bond donors (Lipinski definition) is 2. The van der Waals surface area contributed by atoms with Crippen molar-refractivity contribution in [3.8, 4) is 0 Å². The van der Waals surface area contributed by atoms with E-state index in [1.165, 1.54) is 7.11 Å². The fourth-order valence-electron chi connectivity index (χ4n) is 1.12. The van der Waals surface area contributed by atoms with Gasteiger partial charge in [0.15, 0.2) is 0 Å². The van der Waals surface area contributed by atoms with Gasteiger partial charge >= 0.3 is 0 Å². The van der Waals surface area contributed by atoms with Gasteiger partial charge < -0.3 is 24.4 Å². The molecule has 0 amide bonds. The maximum Gasteiger partial charge on any atom is 0.116 e. The highest BCUT2D eigenvalue weighted by atomic mass is 16.5. The fourth-order valence-corrected chi connectivity index (χ4v) is 1.12. The van der Waals surface area contributed by atoms with E-state index < -0.39 is 6.10 Å². The van der Waals surface area contributed by atoms with Gasteiger partial charge in [-0.25, -0.2) is 0 Å². The topological polar surface area (TPSA) is 68.2 Å². The number of allylic oxidation sites excluding steroid dienone is 1. The van der Waals surface area contributed by atoms with Gasteiger partial charge in [0.2, 0.25) is 0 Å². The number of ether oxygens (including phenoxy) is 3. The summed E-state index contributed by atoms with van der Waals surface area (Å²) < 4.78 is 15.5. The van der Waals surface area contributed by atoms with E-state index in [4.69, 9.17) is 19.3 Å². The molecule has 0 aliphatic carbocycles. The molecular formula is C12H24O5. The van der Waals surface area contributed by atoms with Crippen molar-refractivity contribution in [2.75, 3.05) is 33.5 Å². The molecule has 0 radical (unpaired) electrons. The van der Waals surface area contributed by atoms with Crippen LogP contribution < -0.4 is 0 Å². The van der Waals surface area contributed by atoms with Gasteiger partial charge in [0.25, 0.3) is 0 Å². The lowest BCUT2D eigenvalue weighted by Crippen LogP contribution is -2.20. The predicted molar refractivity (Wildman–Crippen MR) is 64.7 cm³/mol. The van der Waals surface area contributed by atoms with E-state index in [1.54, 1.807) is 13.0 Å². The van der Waals surface area contributed by atoms with Crippen LogP contribution >= 0.6 is 0 Å². The van der Waals surface area contributed by atoms with E-state index >= 15 is 0 Å². The zero-order chi connectivity index (χ0) is 13.1. The average Bonchev–Trinajstić information content (AvgIpc) is 2.27. The highest BCUT2D eigenvalue weighted by Crippen LogP contribution is 2.01. The second kappa shape index (κ2) is 10.5. The molecule has 2 N–H and O–H groups in total. The summed E-state index contributed by atoms with van der Waals surface area (Å²) in [6, 6.07) is 0. The normalized spacial score (nSPS) is 15.7. The summed E-state index contributed by atoms with van der Waals surface area (Å²) in [5.41, 5.74) is 0. The molecule has 0 spiro atoms. The maximum atomic E-state index is 9.35. The minimum absolute atomic E-state index is 0.0307. The summed E-state index contributed by atoms with van der Waals surface area (Å²) in [5, 5.41) is 18.0. The lowest BCUT2D eigenvalue weighted by molar-refractivity contribution is 0.0127. The summed E-state index contributed by atoms with van der Waals surface area (Å²) in [4.78, 5) is 0. The van der Waals surface area contributed by atoms with Crippen LogP contribution in [0.2, 0.25) is 0 Å². The SMILES string of the molecule is COC[C@H](O)CO/C(C)=C\COC(C)CCO. The van der Waals surface area contributed by atoms with E-state index in [2.05, 4.69) is 0 Å². The number of rotatable bonds is 10. The van der Waals surface area contributed by atoms with Crippen LogP contribution in [-0.4, -0.2) is 56.0 Å². The van der Waals surface area contributed by atoms with Crippen molar-refractivity contribution in [2.24, 2.45) is 0 Å². The van der Waals surface area contributed by atoms with E-state index in [1.807, 2.05) is 6.92 Å². The fraction of sp³-hybridized carbons (Fsp3) is 0.833. The smallest absolute Gasteiger partial charge is 0.116 e. The van der Waals surface area contributed by atoms with E-state index in [0.717, 1.165) is 0 Å². The molecule has 0 saturated carbocycles. The number of aliphatic hydroxyl groups excluding tert-OH is 2. The molecule has 0 rings (SSSR count). The molecule has 1 unspecified atom stereocenters. The summed E-state index contributed by atoms with van der Waals surface area (Å²) in [6.45, 7) is 4.75. The molecular weight excluding hydrogens is 224 g/mol. The maximum absolute atomic E-state index is 9.35. The van der Waals surface area contributed by atoms with Gasteiger partial charge in [0.1, 0.15) is 12.7 Å². The summed E-state index contributed by atoms with van der Waals surface area (Å²) in [7, 11) is 1.53. The lowest BCUT2D eigenvalue weighted by Gasteiger charge is -2.13. The van der Waals surface area contributed by atoms with Gasteiger partial charge in [-0.1, -0.05) is 0 Å². The van der Waals surface area contributed by atoms with Crippen molar-refractivity contribution in [1.82, 2.24) is 0 Å². The Bertz CT molecular complexity index is 205. The van der Waals surface area contributed by atoms with Crippen molar-refractivity contribution in [2.45, 2.75) is 32.5 Å². The molecule has 0 aromatic carbocycles. The Morgan fingerprint density at radius 1 is 1.35 bits per heavy atom. The first kappa shape index (κ1) is 16.4. The van der Waals surface area contributed by atoms with Gasteiger partial charge in [0, 0.05) is 13.7 Å². The Hall–Kier alpha value is -0.620. The number of hydrogen-bond acceptors (Lipinski definition) is 5. The van der Waals surface area contributed by atoms with Crippen molar-refractivity contribution < 1.29 is 24.4 Å². The van der Waals surface area contributed by atoms with Gasteiger partial charge in [0.05, 0.1) is 25.1 Å². The molecule has 17 heavy (non-hydrogen) atoms. The van der Waals surface area contributed by atoms with Crippen LogP contribution in [0.4, 0.5) is 0 Å². The third kappa shape index (κ3) is 10.3. The van der Waals surface area contributed by atoms with Gasteiger partial charge in [-0.2, -0.15) is 0 Å². The van der Waals surface area contributed by atoms with Gasteiger partial charge in [-0.05, 0) is 26.3 Å². The van der Waals surface area contributed by atoms with Crippen LogP contribution in [-0.2, 0) is 14.2 Å². The summed E-state index contributed by atoms with van der Waals surface area (Å²) in [5.74, 6) is 0.705. The predicted octanol–water partition coefficient (Wildman–Crippen LogP) is 0.702. The van der Waals surface area contributed by atoms with Crippen molar-refractivity contribution >= 4 is 0 Å². The molecule has 0 fully saturated rings. The van der Waals surface area contributed by atoms with Crippen LogP contribution in [0.1, 0.15) is 20.3 Å². The van der Waals surface area contributed by atoms with E-state index in [-0.39, 0.29) is 25.9 Å². The van der Waals surface area contributed by atoms with Gasteiger partial charge in [-0.15, -0.1) is 0 Å². The standard InChI is InChI=1S/C12H24O5/c1-10(4-6-13)16-7-5-11(2)17-9-12(14)8-15-3/h5,10,12-14H,4,6-9H2,1-3H3/b11-5-/t10?,12-/m0/s1. The third-order valence-corrected chi connectivity index (χ3v) is 2.15. The van der Waals surface area contributed by atoms with Gasteiger partial charge in [-0.3, -0.25) is 0 Å². The number of methoxy groups -OCH3 is 1. The molecule has 0 aliphatic rings. The zero-order valence-electron chi connectivity index (χ0n) is 10.9. The first-order chi connectivity index (χ1) is 8.10. The highest BCUT2D eigenvalue weighted by molar-refractivity contribution is 4.88. The molecule has 0 aromatic heterocycles. The summed E-state index contributed by atoms with van der Waals surface area (Å²) in [6.07, 6.45) is 1.84. The largest absolute Gasteiger partial charge is 0.496 e. The van der Waals surface area contributed by atoms with Crippen LogP contribution in [0.5, 0.6) is 0 Å². The Morgan fingerprint density at radius 3 is 2.65 bits per heavy atom. The van der Waals surface area contributed by atoms with Crippen LogP contribution in [0, 0.1) is 0 Å². The summed E-state index contributed by atoms with van der Waals surface area (Å²) >= 11 is 0. The van der Waals surface area contributed by atoms with Crippen molar-refractivity contribution in [3.63, 3.8) is 0 Å². The quantitative estimate of drug-likeness (QED) is 0.557. The minimum atomic E-state index is -0.613. The Morgan fingerprint density at radius 2 is 2.06 bits per heavy atom. The average molecular weight is 248 g/mol. The van der Waals surface area contributed by atoms with E-state index in [9.17, 15) is 5.11 Å². The number of aliphatic hydroxyl groups is 2. The molecule has 5 heteroatoms. The lowest BCUT2D eigenvalue weighted by atomic mass is 10.3. The Labute approximate surface area is 103 Å². The minimum Gasteiger partial charge on any atom is -0.496 e. The Balaban J connectivity index is 3.64. The van der Waals surface area contributed by atoms with Crippen molar-refractivity contribution in [1.29, 1.82) is 0 Å². The molecule has 2 atom stereocenters. The van der Waals surface area contributed by atoms with Crippen LogP contribution in [0.3, 0.4) is 0 Å². The first-order valence-corrected chi connectivity index (χ1v) is 5.79. The molecule has 102 valence electrons. The van der Waals surface area contributed by atoms with Crippen LogP contribution in [0.15, 0.2) is 11.8 Å².